The number of hydrogen-bond donors (Lipinski definition) is 1. The maximum atomic E-state index is 9.53. The summed E-state index contributed by atoms with van der Waals surface area (Å²) in [6.45, 7) is 4.25. The van der Waals surface area contributed by atoms with E-state index in [1.54, 1.807) is 0 Å². The number of rotatable bonds is 3. The molecule has 1 aromatic rings. The summed E-state index contributed by atoms with van der Waals surface area (Å²) in [5, 5.41) is 18.0. The highest BCUT2D eigenvalue weighted by Crippen LogP contribution is 2.20. The van der Waals surface area contributed by atoms with Crippen molar-refractivity contribution >= 4 is 0 Å². The van der Waals surface area contributed by atoms with Gasteiger partial charge in [-0.05, 0) is 17.0 Å². The molecule has 0 saturated carbocycles. The first-order valence-electron chi connectivity index (χ1n) is 4.80. The van der Waals surface area contributed by atoms with Crippen LogP contribution >= 0.6 is 0 Å². The summed E-state index contributed by atoms with van der Waals surface area (Å²) in [5.41, 5.74) is 2.06. The molecule has 1 N–H and O–H groups in total. The van der Waals surface area contributed by atoms with Crippen molar-refractivity contribution in [2.45, 2.75) is 32.3 Å². The van der Waals surface area contributed by atoms with Gasteiger partial charge in [0.25, 0.3) is 0 Å². The second-order valence-corrected chi connectivity index (χ2v) is 3.70. The first-order chi connectivity index (χ1) is 6.65. The van der Waals surface area contributed by atoms with Crippen molar-refractivity contribution in [1.29, 1.82) is 5.26 Å². The Labute approximate surface area is 84.8 Å². The largest absolute Gasteiger partial charge is 0.387 e. The Kier molecular flexibility index (Phi) is 3.67. The molecule has 0 aliphatic heterocycles. The van der Waals surface area contributed by atoms with Gasteiger partial charge in [-0.2, -0.15) is 5.26 Å². The molecule has 0 saturated heterocycles. The van der Waals surface area contributed by atoms with Crippen LogP contribution in [-0.2, 0) is 0 Å². The van der Waals surface area contributed by atoms with Crippen LogP contribution in [0.3, 0.4) is 0 Å². The molecule has 0 spiro atoms. The van der Waals surface area contributed by atoms with E-state index in [-0.39, 0.29) is 6.42 Å². The lowest BCUT2D eigenvalue weighted by Crippen LogP contribution is -1.96. The van der Waals surface area contributed by atoms with E-state index >= 15 is 0 Å². The molecule has 0 aromatic heterocycles. The third kappa shape index (κ3) is 2.58. The molecule has 0 aliphatic rings. The maximum absolute atomic E-state index is 9.53. The van der Waals surface area contributed by atoms with E-state index in [2.05, 4.69) is 13.8 Å². The van der Waals surface area contributed by atoms with Crippen LogP contribution in [0.5, 0.6) is 0 Å². The number of benzene rings is 1. The van der Waals surface area contributed by atoms with Gasteiger partial charge in [0, 0.05) is 0 Å². The second kappa shape index (κ2) is 4.78. The molecule has 1 atom stereocenters. The van der Waals surface area contributed by atoms with Crippen LogP contribution in [0.15, 0.2) is 24.3 Å². The van der Waals surface area contributed by atoms with Crippen molar-refractivity contribution in [2.24, 2.45) is 0 Å². The van der Waals surface area contributed by atoms with Gasteiger partial charge in [-0.3, -0.25) is 0 Å². The van der Waals surface area contributed by atoms with Crippen molar-refractivity contribution in [3.63, 3.8) is 0 Å². The Hall–Kier alpha value is -1.33. The number of hydrogen-bond acceptors (Lipinski definition) is 2. The lowest BCUT2D eigenvalue weighted by atomic mass is 9.99. The quantitative estimate of drug-likeness (QED) is 0.794. The van der Waals surface area contributed by atoms with Gasteiger partial charge >= 0.3 is 0 Å². The maximum Gasteiger partial charge on any atom is 0.0919 e. The van der Waals surface area contributed by atoms with Gasteiger partial charge in [-0.1, -0.05) is 38.1 Å². The molecule has 74 valence electrons. The first kappa shape index (κ1) is 10.7. The number of aliphatic hydroxyl groups is 1. The van der Waals surface area contributed by atoms with Crippen LogP contribution in [0.4, 0.5) is 0 Å². The number of nitrogens with zero attached hydrogens (tertiary/aromatic N) is 1. The molecule has 0 radical (unpaired) electrons. The lowest BCUT2D eigenvalue weighted by Gasteiger charge is -2.09. The van der Waals surface area contributed by atoms with Crippen molar-refractivity contribution in [3.05, 3.63) is 35.4 Å². The summed E-state index contributed by atoms with van der Waals surface area (Å²) >= 11 is 0. The minimum absolute atomic E-state index is 0.154. The molecule has 1 rings (SSSR count). The predicted molar refractivity (Wildman–Crippen MR) is 55.7 cm³/mol. The van der Waals surface area contributed by atoms with E-state index in [0.29, 0.717) is 5.92 Å². The molecular formula is C12H15NO. The van der Waals surface area contributed by atoms with Crippen LogP contribution in [0.2, 0.25) is 0 Å². The normalized spacial score (nSPS) is 12.5. The van der Waals surface area contributed by atoms with Gasteiger partial charge < -0.3 is 5.11 Å². The summed E-state index contributed by atoms with van der Waals surface area (Å²) in [5.74, 6) is 0.497. The summed E-state index contributed by atoms with van der Waals surface area (Å²) in [6.07, 6.45) is -0.498. The van der Waals surface area contributed by atoms with E-state index < -0.39 is 6.10 Å². The summed E-state index contributed by atoms with van der Waals surface area (Å²) < 4.78 is 0. The van der Waals surface area contributed by atoms with Gasteiger partial charge in [-0.25, -0.2) is 0 Å². The predicted octanol–water partition coefficient (Wildman–Crippen LogP) is 2.76. The SMILES string of the molecule is CC(C)c1ccc(C(O)CC#N)cc1. The third-order valence-corrected chi connectivity index (χ3v) is 2.27. The van der Waals surface area contributed by atoms with E-state index in [1.165, 1.54) is 5.56 Å². The molecule has 14 heavy (non-hydrogen) atoms. The van der Waals surface area contributed by atoms with Crippen molar-refractivity contribution < 1.29 is 5.11 Å². The van der Waals surface area contributed by atoms with E-state index in [0.717, 1.165) is 5.56 Å². The number of aliphatic hydroxyl groups excluding tert-OH is 1. The Bertz CT molecular complexity index is 321. The van der Waals surface area contributed by atoms with Gasteiger partial charge in [0.1, 0.15) is 0 Å². The van der Waals surface area contributed by atoms with Crippen LogP contribution in [0, 0.1) is 11.3 Å². The fourth-order valence-corrected chi connectivity index (χ4v) is 1.31. The van der Waals surface area contributed by atoms with Gasteiger partial charge in [-0.15, -0.1) is 0 Å². The Balaban J connectivity index is 2.78. The molecule has 1 aromatic carbocycles. The zero-order chi connectivity index (χ0) is 10.6. The molecule has 0 amide bonds. The highest BCUT2D eigenvalue weighted by atomic mass is 16.3. The Morgan fingerprint density at radius 1 is 1.21 bits per heavy atom. The summed E-state index contributed by atoms with van der Waals surface area (Å²) in [4.78, 5) is 0. The molecule has 1 unspecified atom stereocenters. The first-order valence-corrected chi connectivity index (χ1v) is 4.80. The van der Waals surface area contributed by atoms with E-state index in [1.807, 2.05) is 30.3 Å². The van der Waals surface area contributed by atoms with Crippen LogP contribution in [0.25, 0.3) is 0 Å². The van der Waals surface area contributed by atoms with Gasteiger partial charge in [0.15, 0.2) is 0 Å². The summed E-state index contributed by atoms with van der Waals surface area (Å²) in [7, 11) is 0. The summed E-state index contributed by atoms with van der Waals surface area (Å²) in [6, 6.07) is 9.73. The van der Waals surface area contributed by atoms with Crippen LogP contribution in [-0.4, -0.2) is 5.11 Å². The average molecular weight is 189 g/mol. The minimum atomic E-state index is -0.652. The average Bonchev–Trinajstić information content (AvgIpc) is 2.18. The zero-order valence-electron chi connectivity index (χ0n) is 8.57. The molecule has 0 aliphatic carbocycles. The highest BCUT2D eigenvalue weighted by molar-refractivity contribution is 5.26. The smallest absolute Gasteiger partial charge is 0.0919 e. The van der Waals surface area contributed by atoms with Gasteiger partial charge in [0.05, 0.1) is 18.6 Å². The fourth-order valence-electron chi connectivity index (χ4n) is 1.31. The number of nitriles is 1. The minimum Gasteiger partial charge on any atom is -0.387 e. The van der Waals surface area contributed by atoms with Gasteiger partial charge in [0.2, 0.25) is 0 Å². The standard InChI is InChI=1S/C12H15NO/c1-9(2)10-3-5-11(6-4-10)12(14)7-8-13/h3-6,9,12,14H,7H2,1-2H3. The molecule has 0 fully saturated rings. The lowest BCUT2D eigenvalue weighted by molar-refractivity contribution is 0.183. The third-order valence-electron chi connectivity index (χ3n) is 2.27. The topological polar surface area (TPSA) is 44.0 Å². The van der Waals surface area contributed by atoms with Crippen molar-refractivity contribution in [2.75, 3.05) is 0 Å². The fraction of sp³-hybridized carbons (Fsp3) is 0.417. The van der Waals surface area contributed by atoms with E-state index in [9.17, 15) is 5.11 Å². The second-order valence-electron chi connectivity index (χ2n) is 3.70. The Morgan fingerprint density at radius 2 is 1.71 bits per heavy atom. The molecule has 0 heterocycles. The highest BCUT2D eigenvalue weighted by Gasteiger charge is 2.06. The molecule has 2 nitrogen and oxygen atoms in total. The Morgan fingerprint density at radius 3 is 2.14 bits per heavy atom. The van der Waals surface area contributed by atoms with Crippen molar-refractivity contribution in [3.8, 4) is 6.07 Å². The van der Waals surface area contributed by atoms with Crippen LogP contribution in [0.1, 0.15) is 43.4 Å². The van der Waals surface area contributed by atoms with Crippen LogP contribution < -0.4 is 0 Å². The van der Waals surface area contributed by atoms with E-state index in [4.69, 9.17) is 5.26 Å². The molecule has 0 bridgehead atoms. The monoisotopic (exact) mass is 189 g/mol. The van der Waals surface area contributed by atoms with Crippen molar-refractivity contribution in [1.82, 2.24) is 0 Å². The molecular weight excluding hydrogens is 174 g/mol. The zero-order valence-corrected chi connectivity index (χ0v) is 8.57. The molecule has 2 heteroatoms.